The number of nitrogens with zero attached hydrogens (tertiary/aromatic N) is 1. The number of thiophene rings is 1. The summed E-state index contributed by atoms with van der Waals surface area (Å²) in [6.45, 7) is 4.23. The Balaban J connectivity index is 1.75. The Morgan fingerprint density at radius 3 is 2.72 bits per heavy atom. The maximum atomic E-state index is 12.7. The number of halogens is 1. The molecule has 0 spiro atoms. The van der Waals surface area contributed by atoms with Gasteiger partial charge in [0, 0.05) is 15.5 Å². The molecule has 4 nitrogen and oxygen atoms in total. The molecule has 1 aromatic carbocycles. The number of anilines is 1. The average molecular weight is 429 g/mol. The van der Waals surface area contributed by atoms with Gasteiger partial charge in [-0.2, -0.15) is 0 Å². The largest absolute Gasteiger partial charge is 0.459 e. The van der Waals surface area contributed by atoms with Crippen molar-refractivity contribution in [2.24, 2.45) is 0 Å². The van der Waals surface area contributed by atoms with Crippen LogP contribution in [-0.2, 0) is 6.42 Å². The predicted octanol–water partition coefficient (Wildman–Crippen LogP) is 6.38. The molecule has 0 radical (unpaired) electrons. The Bertz CT molecular complexity index is 961. The van der Waals surface area contributed by atoms with E-state index < -0.39 is 0 Å². The van der Waals surface area contributed by atoms with Crippen molar-refractivity contribution in [3.8, 4) is 0 Å². The summed E-state index contributed by atoms with van der Waals surface area (Å²) < 4.78 is 5.28. The van der Waals surface area contributed by atoms with Crippen LogP contribution >= 0.6 is 22.9 Å². The Morgan fingerprint density at radius 2 is 2.03 bits per heavy atom. The van der Waals surface area contributed by atoms with E-state index in [0.29, 0.717) is 5.76 Å². The van der Waals surface area contributed by atoms with Crippen LogP contribution < -0.4 is 5.32 Å². The molecule has 3 heterocycles. The van der Waals surface area contributed by atoms with Gasteiger partial charge in [0.25, 0.3) is 5.91 Å². The highest BCUT2D eigenvalue weighted by molar-refractivity contribution is 7.16. The van der Waals surface area contributed by atoms with E-state index in [1.165, 1.54) is 30.4 Å². The summed E-state index contributed by atoms with van der Waals surface area (Å²) in [6, 6.07) is 13.8. The molecular formula is C23H25ClN2O2S. The fourth-order valence-electron chi connectivity index (χ4n) is 3.95. The first kappa shape index (κ1) is 20.2. The lowest BCUT2D eigenvalue weighted by Gasteiger charge is -2.35. The van der Waals surface area contributed by atoms with Crippen molar-refractivity contribution in [3.63, 3.8) is 0 Å². The number of carbonyl (C=O) groups is 1. The Hall–Kier alpha value is -2.08. The first-order valence-corrected chi connectivity index (χ1v) is 11.3. The topological polar surface area (TPSA) is 45.5 Å². The van der Waals surface area contributed by atoms with Crippen LogP contribution in [-0.4, -0.2) is 23.9 Å². The monoisotopic (exact) mass is 428 g/mol. The quantitative estimate of drug-likeness (QED) is 0.495. The second-order valence-corrected chi connectivity index (χ2v) is 8.91. The predicted molar refractivity (Wildman–Crippen MR) is 119 cm³/mol. The summed E-state index contributed by atoms with van der Waals surface area (Å²) in [6.07, 6.45) is 6.09. The molecule has 0 saturated carbocycles. The zero-order chi connectivity index (χ0) is 20.2. The second kappa shape index (κ2) is 9.16. The molecule has 0 aliphatic carbocycles. The summed E-state index contributed by atoms with van der Waals surface area (Å²) in [5.41, 5.74) is 2.30. The highest BCUT2D eigenvalue weighted by atomic mass is 35.5. The number of hydrogen-bond acceptors (Lipinski definition) is 4. The standard InChI is InChI=1S/C23H25ClN2O2S/c1-2-18-15-19(23(29-18)25-22(27)20-10-7-13-28-20)21(26-11-4-3-5-12-26)16-8-6-9-17(24)14-16/h6-10,13-15,21H,2-5,11-12H2,1H3,(H,25,27)/t21-/m1/s1. The highest BCUT2D eigenvalue weighted by Gasteiger charge is 2.28. The fourth-order valence-corrected chi connectivity index (χ4v) is 5.17. The molecule has 1 atom stereocenters. The van der Waals surface area contributed by atoms with E-state index in [1.54, 1.807) is 23.5 Å². The molecular weight excluding hydrogens is 404 g/mol. The summed E-state index contributed by atoms with van der Waals surface area (Å²) in [5, 5.41) is 4.72. The zero-order valence-electron chi connectivity index (χ0n) is 16.5. The van der Waals surface area contributed by atoms with Gasteiger partial charge in [-0.15, -0.1) is 11.3 Å². The van der Waals surface area contributed by atoms with E-state index >= 15 is 0 Å². The third-order valence-electron chi connectivity index (χ3n) is 5.35. The number of nitrogens with one attached hydrogen (secondary N) is 1. The molecule has 6 heteroatoms. The Labute approximate surface area is 180 Å². The summed E-state index contributed by atoms with van der Waals surface area (Å²) >= 11 is 7.98. The number of carbonyl (C=O) groups excluding carboxylic acids is 1. The van der Waals surface area contributed by atoms with Gasteiger partial charge in [0.2, 0.25) is 0 Å². The average Bonchev–Trinajstić information content (AvgIpc) is 3.40. The van der Waals surface area contributed by atoms with E-state index in [9.17, 15) is 4.79 Å². The van der Waals surface area contributed by atoms with Crippen LogP contribution in [0, 0.1) is 0 Å². The van der Waals surface area contributed by atoms with Crippen molar-refractivity contribution in [3.05, 3.63) is 75.5 Å². The zero-order valence-corrected chi connectivity index (χ0v) is 18.1. The van der Waals surface area contributed by atoms with Crippen LogP contribution in [0.3, 0.4) is 0 Å². The van der Waals surface area contributed by atoms with Crippen LogP contribution in [0.1, 0.15) is 58.8 Å². The molecule has 0 bridgehead atoms. The number of furan rings is 1. The number of likely N-dealkylation sites (tertiary alicyclic amines) is 1. The van der Waals surface area contributed by atoms with Crippen molar-refractivity contribution in [2.45, 2.75) is 38.6 Å². The number of rotatable bonds is 6. The molecule has 0 unspecified atom stereocenters. The first-order chi connectivity index (χ1) is 14.2. The molecule has 1 aliphatic rings. The van der Waals surface area contributed by atoms with Gasteiger partial charge in [-0.25, -0.2) is 0 Å². The minimum absolute atomic E-state index is 0.0671. The lowest BCUT2D eigenvalue weighted by atomic mass is 9.96. The van der Waals surface area contributed by atoms with Gasteiger partial charge < -0.3 is 9.73 Å². The van der Waals surface area contributed by atoms with Crippen molar-refractivity contribution < 1.29 is 9.21 Å². The normalized spacial score (nSPS) is 15.9. The minimum Gasteiger partial charge on any atom is -0.459 e. The Morgan fingerprint density at radius 1 is 1.21 bits per heavy atom. The van der Waals surface area contributed by atoms with Gasteiger partial charge in [0.15, 0.2) is 5.76 Å². The molecule has 3 aromatic rings. The third kappa shape index (κ3) is 4.58. The maximum Gasteiger partial charge on any atom is 0.291 e. The van der Waals surface area contributed by atoms with Gasteiger partial charge in [0.05, 0.1) is 12.3 Å². The van der Waals surface area contributed by atoms with Gasteiger partial charge in [-0.3, -0.25) is 9.69 Å². The highest BCUT2D eigenvalue weighted by Crippen LogP contribution is 2.41. The van der Waals surface area contributed by atoms with Crippen LogP contribution in [0.4, 0.5) is 5.00 Å². The molecule has 1 aliphatic heterocycles. The van der Waals surface area contributed by atoms with Crippen molar-refractivity contribution in [2.75, 3.05) is 18.4 Å². The van der Waals surface area contributed by atoms with E-state index in [0.717, 1.165) is 40.7 Å². The number of piperidine rings is 1. The number of aryl methyl sites for hydroxylation is 1. The van der Waals surface area contributed by atoms with Crippen molar-refractivity contribution in [1.82, 2.24) is 4.90 Å². The van der Waals surface area contributed by atoms with Crippen LogP contribution in [0.5, 0.6) is 0 Å². The molecule has 1 amide bonds. The summed E-state index contributed by atoms with van der Waals surface area (Å²) in [5.74, 6) is 0.101. The van der Waals surface area contributed by atoms with Crippen LogP contribution in [0.2, 0.25) is 5.02 Å². The summed E-state index contributed by atoms with van der Waals surface area (Å²) in [4.78, 5) is 16.4. The summed E-state index contributed by atoms with van der Waals surface area (Å²) in [7, 11) is 0. The van der Waals surface area contributed by atoms with Crippen molar-refractivity contribution in [1.29, 1.82) is 0 Å². The molecule has 2 aromatic heterocycles. The van der Waals surface area contributed by atoms with E-state index in [2.05, 4.69) is 29.3 Å². The van der Waals surface area contributed by atoms with Crippen molar-refractivity contribution >= 4 is 33.8 Å². The van der Waals surface area contributed by atoms with E-state index in [4.69, 9.17) is 16.0 Å². The Kier molecular flexibility index (Phi) is 6.38. The second-order valence-electron chi connectivity index (χ2n) is 7.34. The van der Waals surface area contributed by atoms with Crippen LogP contribution in [0.25, 0.3) is 0 Å². The number of benzene rings is 1. The molecule has 1 N–H and O–H groups in total. The van der Waals surface area contributed by atoms with Crippen LogP contribution in [0.15, 0.2) is 53.1 Å². The van der Waals surface area contributed by atoms with E-state index in [-0.39, 0.29) is 11.9 Å². The third-order valence-corrected chi connectivity index (χ3v) is 6.79. The number of hydrogen-bond donors (Lipinski definition) is 1. The van der Waals surface area contributed by atoms with Gasteiger partial charge in [-0.1, -0.05) is 37.1 Å². The molecule has 1 saturated heterocycles. The fraction of sp³-hybridized carbons (Fsp3) is 0.348. The van der Waals surface area contributed by atoms with Gasteiger partial charge >= 0.3 is 0 Å². The van der Waals surface area contributed by atoms with Gasteiger partial charge in [0.1, 0.15) is 5.00 Å². The lowest BCUT2D eigenvalue weighted by molar-refractivity contribution is 0.0996. The van der Waals surface area contributed by atoms with E-state index in [1.807, 2.05) is 18.2 Å². The molecule has 152 valence electrons. The first-order valence-electron chi connectivity index (χ1n) is 10.1. The van der Waals surface area contributed by atoms with Gasteiger partial charge in [-0.05, 0) is 68.2 Å². The molecule has 29 heavy (non-hydrogen) atoms. The maximum absolute atomic E-state index is 12.7. The smallest absolute Gasteiger partial charge is 0.291 e. The minimum atomic E-state index is -0.218. The molecule has 1 fully saturated rings. The molecule has 4 rings (SSSR count). The lowest BCUT2D eigenvalue weighted by Crippen LogP contribution is -2.34. The number of amides is 1. The SMILES string of the molecule is CCc1cc([C@@H](c2cccc(Cl)c2)N2CCCCC2)c(NC(=O)c2ccco2)s1.